The van der Waals surface area contributed by atoms with Gasteiger partial charge in [0.05, 0.1) is 17.1 Å². The van der Waals surface area contributed by atoms with Gasteiger partial charge in [-0.25, -0.2) is 4.98 Å². The lowest BCUT2D eigenvalue weighted by molar-refractivity contribution is 0.0657. The number of pyridine rings is 1. The van der Waals surface area contributed by atoms with E-state index < -0.39 is 0 Å². The molecule has 0 bridgehead atoms. The third-order valence-electron chi connectivity index (χ3n) is 3.83. The topological polar surface area (TPSA) is 63.1 Å². The fourth-order valence-corrected chi connectivity index (χ4v) is 2.71. The molecule has 1 atom stereocenters. The Hall–Kier alpha value is -1.95. The number of hydrogen-bond donors (Lipinski definition) is 1. The highest BCUT2D eigenvalue weighted by Crippen LogP contribution is 2.20. The minimum Gasteiger partial charge on any atom is -0.333 e. The number of rotatable bonds is 1. The Balaban J connectivity index is 2.07. The molecule has 0 aromatic carbocycles. The molecule has 0 radical (unpaired) electrons. The summed E-state index contributed by atoms with van der Waals surface area (Å²) < 4.78 is 1.71. The van der Waals surface area contributed by atoms with Crippen molar-refractivity contribution >= 4 is 16.9 Å². The van der Waals surface area contributed by atoms with Gasteiger partial charge in [0, 0.05) is 38.4 Å². The standard InChI is InChI=1S/C14H19N5O/c1-9-6-11(12-8-16-18(3)13(12)17-9)14(20)19-5-4-15-7-10(19)2/h6,8,10,15H,4-5,7H2,1-3H3/t10-/m1/s1. The summed E-state index contributed by atoms with van der Waals surface area (Å²) in [5.74, 6) is 0.0718. The van der Waals surface area contributed by atoms with Crippen LogP contribution < -0.4 is 5.32 Å². The maximum absolute atomic E-state index is 12.8. The van der Waals surface area contributed by atoms with Gasteiger partial charge >= 0.3 is 0 Å². The molecule has 0 spiro atoms. The van der Waals surface area contributed by atoms with Crippen LogP contribution in [-0.2, 0) is 7.05 Å². The molecule has 20 heavy (non-hydrogen) atoms. The molecule has 0 saturated carbocycles. The van der Waals surface area contributed by atoms with Crippen molar-refractivity contribution in [1.29, 1.82) is 0 Å². The molecule has 2 aromatic heterocycles. The Labute approximate surface area is 117 Å². The van der Waals surface area contributed by atoms with Crippen molar-refractivity contribution in [2.75, 3.05) is 19.6 Å². The lowest BCUT2D eigenvalue weighted by atomic mass is 10.1. The van der Waals surface area contributed by atoms with E-state index in [1.54, 1.807) is 10.9 Å². The molecule has 3 heterocycles. The van der Waals surface area contributed by atoms with Gasteiger partial charge in [0.15, 0.2) is 5.65 Å². The molecule has 106 valence electrons. The highest BCUT2D eigenvalue weighted by Gasteiger charge is 2.26. The van der Waals surface area contributed by atoms with Gasteiger partial charge in [-0.2, -0.15) is 5.10 Å². The number of aromatic nitrogens is 3. The van der Waals surface area contributed by atoms with Crippen LogP contribution in [0.4, 0.5) is 0 Å². The van der Waals surface area contributed by atoms with Gasteiger partial charge < -0.3 is 10.2 Å². The van der Waals surface area contributed by atoms with Crippen LogP contribution in [0.2, 0.25) is 0 Å². The molecule has 1 N–H and O–H groups in total. The van der Waals surface area contributed by atoms with E-state index in [1.165, 1.54) is 0 Å². The van der Waals surface area contributed by atoms with Crippen LogP contribution >= 0.6 is 0 Å². The maximum Gasteiger partial charge on any atom is 0.255 e. The number of nitrogens with one attached hydrogen (secondary N) is 1. The normalized spacial score (nSPS) is 19.6. The number of fused-ring (bicyclic) bond motifs is 1. The smallest absolute Gasteiger partial charge is 0.255 e. The zero-order valence-electron chi connectivity index (χ0n) is 12.1. The number of hydrogen-bond acceptors (Lipinski definition) is 4. The molecule has 0 aliphatic carbocycles. The first-order valence-corrected chi connectivity index (χ1v) is 6.89. The van der Waals surface area contributed by atoms with Gasteiger partial charge in [-0.1, -0.05) is 0 Å². The first kappa shape index (κ1) is 13.1. The molecule has 1 aliphatic rings. The van der Waals surface area contributed by atoms with Crippen LogP contribution in [0.25, 0.3) is 11.0 Å². The average molecular weight is 273 g/mol. The van der Waals surface area contributed by atoms with Crippen molar-refractivity contribution in [3.05, 3.63) is 23.5 Å². The second-order valence-corrected chi connectivity index (χ2v) is 5.37. The number of carbonyl (C=O) groups excluding carboxylic acids is 1. The number of amides is 1. The van der Waals surface area contributed by atoms with E-state index in [4.69, 9.17) is 0 Å². The van der Waals surface area contributed by atoms with E-state index in [1.807, 2.05) is 24.9 Å². The number of piperazine rings is 1. The molecule has 1 aliphatic heterocycles. The summed E-state index contributed by atoms with van der Waals surface area (Å²) in [5, 5.41) is 8.34. The van der Waals surface area contributed by atoms with E-state index in [-0.39, 0.29) is 11.9 Å². The SMILES string of the molecule is Cc1cc(C(=O)N2CCNC[C@H]2C)c2cnn(C)c2n1. The number of aryl methyl sites for hydroxylation is 2. The molecule has 0 unspecified atom stereocenters. The second kappa shape index (κ2) is 4.86. The van der Waals surface area contributed by atoms with Crippen molar-refractivity contribution in [2.45, 2.75) is 19.9 Å². The van der Waals surface area contributed by atoms with Crippen LogP contribution in [0.5, 0.6) is 0 Å². The first-order chi connectivity index (χ1) is 9.58. The van der Waals surface area contributed by atoms with E-state index in [0.717, 1.165) is 36.4 Å². The predicted molar refractivity (Wildman–Crippen MR) is 76.6 cm³/mol. The Morgan fingerprint density at radius 3 is 3.05 bits per heavy atom. The minimum absolute atomic E-state index is 0.0718. The van der Waals surface area contributed by atoms with Gasteiger partial charge in [0.2, 0.25) is 0 Å². The maximum atomic E-state index is 12.8. The fraction of sp³-hybridized carbons (Fsp3) is 0.500. The van der Waals surface area contributed by atoms with Crippen molar-refractivity contribution in [2.24, 2.45) is 7.05 Å². The van der Waals surface area contributed by atoms with Gasteiger partial charge in [0.1, 0.15) is 0 Å². The van der Waals surface area contributed by atoms with Crippen LogP contribution in [0.15, 0.2) is 12.3 Å². The molecule has 3 rings (SSSR count). The molecule has 1 fully saturated rings. The molecular weight excluding hydrogens is 254 g/mol. The largest absolute Gasteiger partial charge is 0.333 e. The van der Waals surface area contributed by atoms with Gasteiger partial charge in [-0.3, -0.25) is 9.48 Å². The number of nitrogens with zero attached hydrogens (tertiary/aromatic N) is 4. The molecule has 1 amide bonds. The zero-order chi connectivity index (χ0) is 14.3. The zero-order valence-corrected chi connectivity index (χ0v) is 12.1. The summed E-state index contributed by atoms with van der Waals surface area (Å²) in [6, 6.07) is 2.07. The van der Waals surface area contributed by atoms with Gasteiger partial charge in [-0.15, -0.1) is 0 Å². The van der Waals surface area contributed by atoms with E-state index in [9.17, 15) is 4.79 Å². The Kier molecular flexibility index (Phi) is 3.17. The summed E-state index contributed by atoms with van der Waals surface area (Å²) >= 11 is 0. The van der Waals surface area contributed by atoms with Crippen LogP contribution in [0.1, 0.15) is 23.0 Å². The van der Waals surface area contributed by atoms with Gasteiger partial charge in [0.25, 0.3) is 5.91 Å². The highest BCUT2D eigenvalue weighted by molar-refractivity contribution is 6.05. The fourth-order valence-electron chi connectivity index (χ4n) is 2.71. The average Bonchev–Trinajstić information content (AvgIpc) is 2.79. The summed E-state index contributed by atoms with van der Waals surface area (Å²) in [4.78, 5) is 19.2. The minimum atomic E-state index is 0.0718. The van der Waals surface area contributed by atoms with Gasteiger partial charge in [-0.05, 0) is 19.9 Å². The lowest BCUT2D eigenvalue weighted by Crippen LogP contribution is -2.52. The predicted octanol–water partition coefficient (Wildman–Crippen LogP) is 0.711. The molecule has 6 heteroatoms. The summed E-state index contributed by atoms with van der Waals surface area (Å²) in [7, 11) is 1.84. The Bertz CT molecular complexity index is 663. The third-order valence-corrected chi connectivity index (χ3v) is 3.83. The summed E-state index contributed by atoms with van der Waals surface area (Å²) in [6.45, 7) is 6.40. The Morgan fingerprint density at radius 2 is 2.30 bits per heavy atom. The monoisotopic (exact) mass is 273 g/mol. The van der Waals surface area contributed by atoms with Crippen molar-refractivity contribution in [3.63, 3.8) is 0 Å². The van der Waals surface area contributed by atoms with Crippen LogP contribution in [-0.4, -0.2) is 51.2 Å². The van der Waals surface area contributed by atoms with Crippen molar-refractivity contribution in [1.82, 2.24) is 25.0 Å². The molecule has 1 saturated heterocycles. The molecule has 6 nitrogen and oxygen atoms in total. The lowest BCUT2D eigenvalue weighted by Gasteiger charge is -2.34. The molecule has 2 aromatic rings. The highest BCUT2D eigenvalue weighted by atomic mass is 16.2. The van der Waals surface area contributed by atoms with Crippen molar-refractivity contribution < 1.29 is 4.79 Å². The first-order valence-electron chi connectivity index (χ1n) is 6.89. The quantitative estimate of drug-likeness (QED) is 0.831. The number of carbonyl (C=O) groups is 1. The van der Waals surface area contributed by atoms with E-state index >= 15 is 0 Å². The second-order valence-electron chi connectivity index (χ2n) is 5.37. The van der Waals surface area contributed by atoms with Crippen LogP contribution in [0, 0.1) is 6.92 Å². The summed E-state index contributed by atoms with van der Waals surface area (Å²) in [5.41, 5.74) is 2.30. The summed E-state index contributed by atoms with van der Waals surface area (Å²) in [6.07, 6.45) is 1.72. The van der Waals surface area contributed by atoms with Crippen molar-refractivity contribution in [3.8, 4) is 0 Å². The van der Waals surface area contributed by atoms with E-state index in [2.05, 4.69) is 22.3 Å². The Morgan fingerprint density at radius 1 is 1.50 bits per heavy atom. The third kappa shape index (κ3) is 2.06. The van der Waals surface area contributed by atoms with Crippen LogP contribution in [0.3, 0.4) is 0 Å². The van der Waals surface area contributed by atoms with E-state index in [0.29, 0.717) is 5.56 Å². The molecular formula is C14H19N5O.